The van der Waals surface area contributed by atoms with E-state index in [2.05, 4.69) is 4.98 Å². The Bertz CT molecular complexity index is 573. The van der Waals surface area contributed by atoms with Gasteiger partial charge in [-0.3, -0.25) is 4.98 Å². The first-order valence-electron chi connectivity index (χ1n) is 5.38. The van der Waals surface area contributed by atoms with Crippen LogP contribution in [0.1, 0.15) is 11.3 Å². The van der Waals surface area contributed by atoms with Crippen molar-refractivity contribution in [3.63, 3.8) is 0 Å². The Kier molecular flexibility index (Phi) is 3.53. The molecule has 0 saturated heterocycles. The molecule has 1 aromatic heterocycles. The number of hydrogen-bond donors (Lipinski definition) is 1. The van der Waals surface area contributed by atoms with Crippen molar-refractivity contribution in [3.05, 3.63) is 53.4 Å². The highest BCUT2D eigenvalue weighted by Crippen LogP contribution is 2.26. The molecule has 2 aromatic rings. The molecule has 0 bridgehead atoms. The largest absolute Gasteiger partial charge is 0.457 e. The number of aryl methyl sites for hydroxylation is 1. The molecule has 18 heavy (non-hydrogen) atoms. The lowest BCUT2D eigenvalue weighted by atomic mass is 10.2. The molecule has 2 rings (SSSR count). The normalized spacial score (nSPS) is 10.4. The number of halogens is 2. The molecular formula is C13H12F2N2O. The van der Waals surface area contributed by atoms with Gasteiger partial charge in [0.25, 0.3) is 0 Å². The van der Waals surface area contributed by atoms with Gasteiger partial charge in [0.2, 0.25) is 0 Å². The van der Waals surface area contributed by atoms with E-state index in [0.717, 1.165) is 17.8 Å². The fraction of sp³-hybridized carbons (Fsp3) is 0.154. The van der Waals surface area contributed by atoms with E-state index in [0.29, 0.717) is 11.3 Å². The SMILES string of the molecule is Cc1cc(Oc2ccc(F)c(F)c2)c(CN)cn1. The van der Waals surface area contributed by atoms with Crippen LogP contribution in [-0.4, -0.2) is 4.98 Å². The van der Waals surface area contributed by atoms with Crippen LogP contribution in [0.4, 0.5) is 8.78 Å². The highest BCUT2D eigenvalue weighted by atomic mass is 19.2. The minimum atomic E-state index is -0.951. The number of rotatable bonds is 3. The number of hydrogen-bond acceptors (Lipinski definition) is 3. The monoisotopic (exact) mass is 250 g/mol. The van der Waals surface area contributed by atoms with Crippen LogP contribution in [0.15, 0.2) is 30.5 Å². The molecule has 0 radical (unpaired) electrons. The molecule has 0 amide bonds. The summed E-state index contributed by atoms with van der Waals surface area (Å²) in [6.45, 7) is 2.06. The maximum absolute atomic E-state index is 13.1. The highest BCUT2D eigenvalue weighted by Gasteiger charge is 2.08. The lowest BCUT2D eigenvalue weighted by molar-refractivity contribution is 0.456. The molecule has 0 saturated carbocycles. The fourth-order valence-corrected chi connectivity index (χ4v) is 1.48. The van der Waals surface area contributed by atoms with Crippen molar-refractivity contribution in [2.24, 2.45) is 5.73 Å². The average Bonchev–Trinajstić information content (AvgIpc) is 2.34. The number of benzene rings is 1. The Labute approximate surface area is 103 Å². The van der Waals surface area contributed by atoms with Gasteiger partial charge in [-0.2, -0.15) is 0 Å². The van der Waals surface area contributed by atoms with E-state index in [9.17, 15) is 8.78 Å². The molecule has 5 heteroatoms. The third kappa shape index (κ3) is 2.62. The molecule has 0 aliphatic carbocycles. The zero-order valence-corrected chi connectivity index (χ0v) is 9.78. The predicted octanol–water partition coefficient (Wildman–Crippen LogP) is 2.92. The van der Waals surface area contributed by atoms with Crippen molar-refractivity contribution in [2.75, 3.05) is 0 Å². The van der Waals surface area contributed by atoms with Gasteiger partial charge >= 0.3 is 0 Å². The summed E-state index contributed by atoms with van der Waals surface area (Å²) in [5.41, 5.74) is 7.01. The van der Waals surface area contributed by atoms with Gasteiger partial charge < -0.3 is 10.5 Å². The van der Waals surface area contributed by atoms with E-state index >= 15 is 0 Å². The zero-order valence-electron chi connectivity index (χ0n) is 9.78. The maximum atomic E-state index is 13.1. The lowest BCUT2D eigenvalue weighted by Gasteiger charge is -2.10. The molecule has 1 heterocycles. The van der Waals surface area contributed by atoms with Gasteiger partial charge in [-0.05, 0) is 19.1 Å². The molecule has 0 atom stereocenters. The first-order chi connectivity index (χ1) is 8.60. The predicted molar refractivity (Wildman–Crippen MR) is 63.3 cm³/mol. The van der Waals surface area contributed by atoms with Crippen LogP contribution >= 0.6 is 0 Å². The van der Waals surface area contributed by atoms with Gasteiger partial charge in [-0.25, -0.2) is 8.78 Å². The molecule has 94 valence electrons. The average molecular weight is 250 g/mol. The number of nitrogens with zero attached hydrogens (tertiary/aromatic N) is 1. The summed E-state index contributed by atoms with van der Waals surface area (Å²) in [6.07, 6.45) is 1.60. The molecule has 0 aliphatic heterocycles. The van der Waals surface area contributed by atoms with Crippen molar-refractivity contribution >= 4 is 0 Å². The topological polar surface area (TPSA) is 48.1 Å². The minimum absolute atomic E-state index is 0.217. The molecule has 0 unspecified atom stereocenters. The van der Waals surface area contributed by atoms with Gasteiger partial charge in [-0.1, -0.05) is 0 Å². The summed E-state index contributed by atoms with van der Waals surface area (Å²) in [4.78, 5) is 4.09. The van der Waals surface area contributed by atoms with E-state index in [1.54, 1.807) is 19.2 Å². The Morgan fingerprint density at radius 2 is 2.00 bits per heavy atom. The summed E-state index contributed by atoms with van der Waals surface area (Å²) in [5.74, 6) is -1.15. The van der Waals surface area contributed by atoms with E-state index in [4.69, 9.17) is 10.5 Å². The van der Waals surface area contributed by atoms with Crippen LogP contribution in [0.5, 0.6) is 11.5 Å². The van der Waals surface area contributed by atoms with Gasteiger partial charge in [0.05, 0.1) is 0 Å². The van der Waals surface area contributed by atoms with Gasteiger partial charge in [0.15, 0.2) is 11.6 Å². The van der Waals surface area contributed by atoms with Crippen molar-refractivity contribution in [3.8, 4) is 11.5 Å². The van der Waals surface area contributed by atoms with Crippen molar-refractivity contribution in [2.45, 2.75) is 13.5 Å². The van der Waals surface area contributed by atoms with Crippen LogP contribution in [0.2, 0.25) is 0 Å². The molecule has 3 nitrogen and oxygen atoms in total. The number of aromatic nitrogens is 1. The molecular weight excluding hydrogens is 238 g/mol. The second-order valence-corrected chi connectivity index (χ2v) is 3.82. The summed E-state index contributed by atoms with van der Waals surface area (Å²) in [6, 6.07) is 5.06. The third-order valence-electron chi connectivity index (χ3n) is 2.42. The fourth-order valence-electron chi connectivity index (χ4n) is 1.48. The van der Waals surface area contributed by atoms with Crippen molar-refractivity contribution < 1.29 is 13.5 Å². The highest BCUT2D eigenvalue weighted by molar-refractivity contribution is 5.37. The molecule has 0 fully saturated rings. The number of pyridine rings is 1. The summed E-state index contributed by atoms with van der Waals surface area (Å²) >= 11 is 0. The summed E-state index contributed by atoms with van der Waals surface area (Å²) < 4.78 is 31.3. The Balaban J connectivity index is 2.33. The second kappa shape index (κ2) is 5.10. The molecule has 1 aromatic carbocycles. The first kappa shape index (κ1) is 12.4. The smallest absolute Gasteiger partial charge is 0.162 e. The van der Waals surface area contributed by atoms with Crippen LogP contribution in [-0.2, 0) is 6.54 Å². The Morgan fingerprint density at radius 1 is 1.22 bits per heavy atom. The van der Waals surface area contributed by atoms with Crippen molar-refractivity contribution in [1.29, 1.82) is 0 Å². The lowest BCUT2D eigenvalue weighted by Crippen LogP contribution is -2.01. The molecule has 0 aliphatic rings. The van der Waals surface area contributed by atoms with E-state index in [1.165, 1.54) is 6.07 Å². The van der Waals surface area contributed by atoms with Gasteiger partial charge in [0, 0.05) is 36.1 Å². The van der Waals surface area contributed by atoms with Crippen LogP contribution in [0.3, 0.4) is 0 Å². The third-order valence-corrected chi connectivity index (χ3v) is 2.42. The standard InChI is InChI=1S/C13H12F2N2O/c1-8-4-13(9(6-16)7-17-8)18-10-2-3-11(14)12(15)5-10/h2-5,7H,6,16H2,1H3. The minimum Gasteiger partial charge on any atom is -0.457 e. The van der Waals surface area contributed by atoms with E-state index < -0.39 is 11.6 Å². The Hall–Kier alpha value is -2.01. The van der Waals surface area contributed by atoms with Gasteiger partial charge in [-0.15, -0.1) is 0 Å². The quantitative estimate of drug-likeness (QED) is 0.911. The summed E-state index contributed by atoms with van der Waals surface area (Å²) in [5, 5.41) is 0. The van der Waals surface area contributed by atoms with Crippen molar-refractivity contribution in [1.82, 2.24) is 4.98 Å². The van der Waals surface area contributed by atoms with Crippen LogP contribution in [0, 0.1) is 18.6 Å². The van der Waals surface area contributed by atoms with E-state index in [-0.39, 0.29) is 12.3 Å². The zero-order chi connectivity index (χ0) is 13.1. The first-order valence-corrected chi connectivity index (χ1v) is 5.38. The molecule has 2 N–H and O–H groups in total. The van der Waals surface area contributed by atoms with Crippen LogP contribution < -0.4 is 10.5 Å². The van der Waals surface area contributed by atoms with E-state index in [1.807, 2.05) is 0 Å². The Morgan fingerprint density at radius 3 is 2.67 bits per heavy atom. The number of ether oxygens (including phenoxy) is 1. The van der Waals surface area contributed by atoms with Crippen LogP contribution in [0.25, 0.3) is 0 Å². The maximum Gasteiger partial charge on any atom is 0.162 e. The summed E-state index contributed by atoms with van der Waals surface area (Å²) in [7, 11) is 0. The second-order valence-electron chi connectivity index (χ2n) is 3.82. The molecule has 0 spiro atoms. The number of nitrogens with two attached hydrogens (primary N) is 1. The van der Waals surface area contributed by atoms with Gasteiger partial charge in [0.1, 0.15) is 11.5 Å².